The Morgan fingerprint density at radius 3 is 1.80 bits per heavy atom. The van der Waals surface area contributed by atoms with Gasteiger partial charge in [0.1, 0.15) is 67.1 Å². The van der Waals surface area contributed by atoms with E-state index in [0.717, 1.165) is 32.1 Å². The minimum atomic E-state index is -1.77. The molecule has 24 unspecified atom stereocenters. The maximum atomic E-state index is 12.0. The molecule has 368 valence electrons. The first-order chi connectivity index (χ1) is 29.7. The van der Waals surface area contributed by atoms with E-state index in [2.05, 4.69) is 61.5 Å². The van der Waals surface area contributed by atoms with E-state index < -0.39 is 128 Å². The van der Waals surface area contributed by atoms with Gasteiger partial charge in [-0.05, 0) is 96.2 Å². The minimum absolute atomic E-state index is 0.0414. The Labute approximate surface area is 376 Å². The van der Waals surface area contributed by atoms with Crippen LogP contribution in [0, 0.1) is 50.2 Å². The SMILES string of the molecule is CC1(C)CC(O)C2(C)C(O)CC3(C)C(=CCC4C5(C)CCC(OC6OC(COC7OC(COC8OCC(O)C(O)C8O)C(O)C(O)C7O)C(O)C(O)C6O)C(C)(C)C5CCC43C)C2C1. The molecule has 24 atom stereocenters. The maximum absolute atomic E-state index is 12.0. The molecule has 0 aromatic rings. The summed E-state index contributed by atoms with van der Waals surface area (Å²) < 4.78 is 35.0. The third-order valence-electron chi connectivity index (χ3n) is 19.1. The molecule has 0 aromatic heterocycles. The molecular weight excluding hydrogens is 836 g/mol. The highest BCUT2D eigenvalue weighted by molar-refractivity contribution is 5.35. The summed E-state index contributed by atoms with van der Waals surface area (Å²) >= 11 is 0. The van der Waals surface area contributed by atoms with Gasteiger partial charge in [-0.2, -0.15) is 0 Å². The summed E-state index contributed by atoms with van der Waals surface area (Å²) in [4.78, 5) is 0. The molecular formula is C47H78O17. The van der Waals surface area contributed by atoms with E-state index in [0.29, 0.717) is 25.2 Å². The van der Waals surface area contributed by atoms with Crippen LogP contribution in [0.5, 0.6) is 0 Å². The second kappa shape index (κ2) is 17.2. The van der Waals surface area contributed by atoms with E-state index in [9.17, 15) is 56.2 Å². The molecule has 64 heavy (non-hydrogen) atoms. The zero-order valence-electron chi connectivity index (χ0n) is 38.8. The van der Waals surface area contributed by atoms with Crippen LogP contribution in [0.25, 0.3) is 0 Å². The van der Waals surface area contributed by atoms with Gasteiger partial charge in [0.25, 0.3) is 0 Å². The van der Waals surface area contributed by atoms with E-state index in [1.54, 1.807) is 0 Å². The summed E-state index contributed by atoms with van der Waals surface area (Å²) in [6, 6.07) is 0. The Morgan fingerprint density at radius 2 is 1.16 bits per heavy atom. The van der Waals surface area contributed by atoms with Crippen molar-refractivity contribution in [1.29, 1.82) is 0 Å². The van der Waals surface area contributed by atoms with Gasteiger partial charge in [0, 0.05) is 5.41 Å². The van der Waals surface area contributed by atoms with Crippen molar-refractivity contribution in [2.24, 2.45) is 50.2 Å². The van der Waals surface area contributed by atoms with E-state index >= 15 is 0 Å². The van der Waals surface area contributed by atoms with Gasteiger partial charge in [-0.3, -0.25) is 0 Å². The highest BCUT2D eigenvalue weighted by atomic mass is 16.7. The first-order valence-electron chi connectivity index (χ1n) is 23.7. The number of aliphatic hydroxyl groups is 11. The topological polar surface area (TPSA) is 278 Å². The average molecular weight is 915 g/mol. The molecule has 5 aliphatic carbocycles. The number of rotatable bonds is 8. The van der Waals surface area contributed by atoms with Crippen LogP contribution < -0.4 is 0 Å². The van der Waals surface area contributed by atoms with Crippen LogP contribution in [-0.2, 0) is 28.4 Å². The molecule has 0 spiro atoms. The number of aliphatic hydroxyl groups excluding tert-OH is 11. The first kappa shape index (κ1) is 49.5. The van der Waals surface area contributed by atoms with Crippen LogP contribution in [0.2, 0.25) is 0 Å². The number of hydrogen-bond donors (Lipinski definition) is 11. The predicted octanol–water partition coefficient (Wildman–Crippen LogP) is 0.222. The largest absolute Gasteiger partial charge is 0.392 e. The third kappa shape index (κ3) is 7.71. The van der Waals surface area contributed by atoms with E-state index in [4.69, 9.17) is 28.4 Å². The molecule has 3 heterocycles. The van der Waals surface area contributed by atoms with Gasteiger partial charge in [-0.25, -0.2) is 0 Å². The Morgan fingerprint density at radius 1 is 0.594 bits per heavy atom. The van der Waals surface area contributed by atoms with Gasteiger partial charge in [0.2, 0.25) is 0 Å². The zero-order valence-corrected chi connectivity index (χ0v) is 38.8. The molecule has 3 saturated heterocycles. The summed E-state index contributed by atoms with van der Waals surface area (Å²) in [6.07, 6.45) is -14.2. The van der Waals surface area contributed by atoms with Crippen molar-refractivity contribution in [2.45, 2.75) is 211 Å². The molecule has 8 aliphatic rings. The highest BCUT2D eigenvalue weighted by Crippen LogP contribution is 2.76. The smallest absolute Gasteiger partial charge is 0.186 e. The van der Waals surface area contributed by atoms with Crippen molar-refractivity contribution in [3.63, 3.8) is 0 Å². The van der Waals surface area contributed by atoms with Gasteiger partial charge in [-0.15, -0.1) is 0 Å². The fourth-order valence-electron chi connectivity index (χ4n) is 14.8. The number of hydrogen-bond acceptors (Lipinski definition) is 17. The fourth-order valence-corrected chi connectivity index (χ4v) is 14.8. The van der Waals surface area contributed by atoms with Crippen LogP contribution in [0.1, 0.15) is 107 Å². The van der Waals surface area contributed by atoms with Crippen molar-refractivity contribution < 1.29 is 84.6 Å². The van der Waals surface area contributed by atoms with Crippen molar-refractivity contribution >= 4 is 0 Å². The fraction of sp³-hybridized carbons (Fsp3) is 0.957. The molecule has 3 aliphatic heterocycles. The molecule has 0 radical (unpaired) electrons. The minimum Gasteiger partial charge on any atom is -0.392 e. The van der Waals surface area contributed by atoms with Gasteiger partial charge in [-0.1, -0.05) is 67.0 Å². The lowest BCUT2D eigenvalue weighted by molar-refractivity contribution is -0.348. The molecule has 4 saturated carbocycles. The lowest BCUT2D eigenvalue weighted by atomic mass is 9.33. The summed E-state index contributed by atoms with van der Waals surface area (Å²) in [6.45, 7) is 16.9. The van der Waals surface area contributed by atoms with Gasteiger partial charge in [0.05, 0.1) is 38.1 Å². The summed E-state index contributed by atoms with van der Waals surface area (Å²) in [7, 11) is 0. The average Bonchev–Trinajstić information content (AvgIpc) is 3.22. The standard InChI is InChI=1S/C47H78O17/c1-42(2)15-22-21-9-10-27-44(5)13-12-30(43(3,4)26(44)11-14-45(27,6)46(21,7)17-29(50)47(22,8)28(49)16-42)64-41-38(58)35(55)33(53)25(63-41)20-61-40-37(57)34(54)32(52)24(62-40)19-60-39-36(56)31(51)23(48)18-59-39/h9,22-41,48-58H,10-20H2,1-8H3. The van der Waals surface area contributed by atoms with Crippen molar-refractivity contribution in [2.75, 3.05) is 19.8 Å². The van der Waals surface area contributed by atoms with E-state index in [-0.39, 0.29) is 40.1 Å². The molecule has 8 rings (SSSR count). The molecule has 11 N–H and O–H groups in total. The summed E-state index contributed by atoms with van der Waals surface area (Å²) in [5.41, 5.74) is -0.0645. The third-order valence-corrected chi connectivity index (χ3v) is 19.1. The Kier molecular flexibility index (Phi) is 13.3. The number of fused-ring (bicyclic) bond motifs is 7. The van der Waals surface area contributed by atoms with Crippen molar-refractivity contribution in [1.82, 2.24) is 0 Å². The number of allylic oxidation sites excluding steroid dienone is 2. The van der Waals surface area contributed by atoms with Crippen LogP contribution in [0.3, 0.4) is 0 Å². The molecule has 0 aromatic carbocycles. The Balaban J connectivity index is 0.937. The van der Waals surface area contributed by atoms with Gasteiger partial charge < -0.3 is 84.6 Å². The monoisotopic (exact) mass is 915 g/mol. The Bertz CT molecular complexity index is 1710. The van der Waals surface area contributed by atoms with E-state index in [1.165, 1.54) is 5.57 Å². The Hall–Kier alpha value is -0.940. The molecule has 17 heteroatoms. The van der Waals surface area contributed by atoms with Crippen LogP contribution >= 0.6 is 0 Å². The normalized spacial score (nSPS) is 55.9. The summed E-state index contributed by atoms with van der Waals surface area (Å²) in [5.74, 6) is 0.627. The van der Waals surface area contributed by atoms with Gasteiger partial charge in [0.15, 0.2) is 18.9 Å². The van der Waals surface area contributed by atoms with Crippen molar-refractivity contribution in [3.05, 3.63) is 11.6 Å². The lowest BCUT2D eigenvalue weighted by Crippen LogP contribution is -2.68. The molecule has 7 fully saturated rings. The number of ether oxygens (including phenoxy) is 6. The quantitative estimate of drug-likeness (QED) is 0.115. The first-order valence-corrected chi connectivity index (χ1v) is 23.7. The maximum Gasteiger partial charge on any atom is 0.186 e. The molecule has 0 amide bonds. The van der Waals surface area contributed by atoms with Gasteiger partial charge >= 0.3 is 0 Å². The molecule has 17 nitrogen and oxygen atoms in total. The predicted molar refractivity (Wildman–Crippen MR) is 225 cm³/mol. The van der Waals surface area contributed by atoms with Crippen LogP contribution in [-0.4, -0.2) is 180 Å². The van der Waals surface area contributed by atoms with Crippen LogP contribution in [0.4, 0.5) is 0 Å². The second-order valence-electron chi connectivity index (χ2n) is 23.5. The molecule has 0 bridgehead atoms. The summed E-state index contributed by atoms with van der Waals surface area (Å²) in [5, 5.41) is 119. The lowest BCUT2D eigenvalue weighted by Gasteiger charge is -2.72. The van der Waals surface area contributed by atoms with E-state index in [1.807, 2.05) is 0 Å². The van der Waals surface area contributed by atoms with Crippen molar-refractivity contribution in [3.8, 4) is 0 Å². The highest BCUT2D eigenvalue weighted by Gasteiger charge is 2.70. The second-order valence-corrected chi connectivity index (χ2v) is 23.5. The van der Waals surface area contributed by atoms with Crippen LogP contribution in [0.15, 0.2) is 11.6 Å². The zero-order chi connectivity index (χ0) is 46.9.